The standard InChI is InChI=1S/C16H20N4O2/c1-16(2,3)22-15(21)18-9-5-4-6-11-7-8-12-13(10-11)19-20-14(12)17/h7-8,10H,5,9H2,1-3H3,(H,18,21)(H3,17,19,20). The van der Waals surface area contributed by atoms with Crippen LogP contribution < -0.4 is 11.1 Å². The quantitative estimate of drug-likeness (QED) is 0.586. The maximum atomic E-state index is 11.4. The second kappa shape index (κ2) is 6.39. The van der Waals surface area contributed by atoms with E-state index in [4.69, 9.17) is 10.5 Å². The molecule has 0 aliphatic carbocycles. The number of hydrogen-bond acceptors (Lipinski definition) is 4. The van der Waals surface area contributed by atoms with Gasteiger partial charge in [0.05, 0.1) is 5.52 Å². The largest absolute Gasteiger partial charge is 0.444 e. The molecule has 0 bridgehead atoms. The summed E-state index contributed by atoms with van der Waals surface area (Å²) in [5, 5.41) is 10.3. The highest BCUT2D eigenvalue weighted by Gasteiger charge is 2.15. The van der Waals surface area contributed by atoms with Crippen molar-refractivity contribution in [2.75, 3.05) is 12.3 Å². The molecule has 0 saturated heterocycles. The topological polar surface area (TPSA) is 93.0 Å². The van der Waals surface area contributed by atoms with Crippen LogP contribution in [0.2, 0.25) is 0 Å². The van der Waals surface area contributed by atoms with Crippen molar-refractivity contribution in [3.63, 3.8) is 0 Å². The summed E-state index contributed by atoms with van der Waals surface area (Å²) in [6, 6.07) is 5.67. The summed E-state index contributed by atoms with van der Waals surface area (Å²) >= 11 is 0. The van der Waals surface area contributed by atoms with E-state index in [1.54, 1.807) is 0 Å². The minimum Gasteiger partial charge on any atom is -0.444 e. The third kappa shape index (κ3) is 4.42. The molecule has 2 aromatic rings. The van der Waals surface area contributed by atoms with Crippen LogP contribution in [-0.2, 0) is 4.74 Å². The van der Waals surface area contributed by atoms with Gasteiger partial charge in [-0.3, -0.25) is 5.10 Å². The van der Waals surface area contributed by atoms with Crippen LogP contribution in [0.1, 0.15) is 32.8 Å². The lowest BCUT2D eigenvalue weighted by Crippen LogP contribution is -2.32. The summed E-state index contributed by atoms with van der Waals surface area (Å²) < 4.78 is 5.13. The van der Waals surface area contributed by atoms with E-state index in [1.165, 1.54) is 0 Å². The highest BCUT2D eigenvalue weighted by molar-refractivity contribution is 5.89. The van der Waals surface area contributed by atoms with Crippen molar-refractivity contribution in [2.45, 2.75) is 32.8 Å². The summed E-state index contributed by atoms with van der Waals surface area (Å²) in [4.78, 5) is 11.4. The van der Waals surface area contributed by atoms with Crippen LogP contribution in [0.3, 0.4) is 0 Å². The van der Waals surface area contributed by atoms with Crippen molar-refractivity contribution in [1.82, 2.24) is 15.5 Å². The number of nitrogens with one attached hydrogen (secondary N) is 2. The number of rotatable bonds is 2. The smallest absolute Gasteiger partial charge is 0.407 e. The lowest BCUT2D eigenvalue weighted by Gasteiger charge is -2.19. The minimum atomic E-state index is -0.489. The van der Waals surface area contributed by atoms with Crippen LogP contribution in [0, 0.1) is 11.8 Å². The molecule has 0 saturated carbocycles. The van der Waals surface area contributed by atoms with Gasteiger partial charge in [0.15, 0.2) is 5.82 Å². The number of nitrogens with zero attached hydrogens (tertiary/aromatic N) is 1. The van der Waals surface area contributed by atoms with Crippen molar-refractivity contribution in [1.29, 1.82) is 0 Å². The van der Waals surface area contributed by atoms with E-state index in [0.29, 0.717) is 18.8 Å². The zero-order chi connectivity index (χ0) is 16.2. The predicted molar refractivity (Wildman–Crippen MR) is 86.2 cm³/mol. The van der Waals surface area contributed by atoms with Gasteiger partial charge in [-0.15, -0.1) is 0 Å². The van der Waals surface area contributed by atoms with Gasteiger partial charge in [-0.2, -0.15) is 5.10 Å². The maximum Gasteiger partial charge on any atom is 0.407 e. The summed E-state index contributed by atoms with van der Waals surface area (Å²) in [5.74, 6) is 6.53. The number of hydrogen-bond donors (Lipinski definition) is 3. The number of fused-ring (bicyclic) bond motifs is 1. The summed E-state index contributed by atoms with van der Waals surface area (Å²) in [5.41, 5.74) is 6.95. The number of aromatic amines is 1. The number of aromatic nitrogens is 2. The molecule has 0 radical (unpaired) electrons. The van der Waals surface area contributed by atoms with E-state index in [9.17, 15) is 4.79 Å². The van der Waals surface area contributed by atoms with Crippen LogP contribution in [0.4, 0.5) is 10.6 Å². The van der Waals surface area contributed by atoms with Crippen molar-refractivity contribution in [3.8, 4) is 11.8 Å². The first-order chi connectivity index (χ1) is 10.3. The van der Waals surface area contributed by atoms with Crippen LogP contribution in [0.25, 0.3) is 10.9 Å². The Morgan fingerprint density at radius 2 is 2.23 bits per heavy atom. The Bertz CT molecular complexity index is 732. The van der Waals surface area contributed by atoms with Crippen LogP contribution >= 0.6 is 0 Å². The van der Waals surface area contributed by atoms with Crippen LogP contribution in [-0.4, -0.2) is 28.4 Å². The average molecular weight is 300 g/mol. The van der Waals surface area contributed by atoms with Gasteiger partial charge in [0, 0.05) is 23.9 Å². The van der Waals surface area contributed by atoms with Crippen molar-refractivity contribution >= 4 is 22.8 Å². The van der Waals surface area contributed by atoms with E-state index < -0.39 is 11.7 Å². The predicted octanol–water partition coefficient (Wildman–Crippen LogP) is 2.41. The third-order valence-corrected chi connectivity index (χ3v) is 2.74. The Morgan fingerprint density at radius 3 is 2.95 bits per heavy atom. The first-order valence-corrected chi connectivity index (χ1v) is 7.04. The van der Waals surface area contributed by atoms with E-state index in [0.717, 1.165) is 16.5 Å². The van der Waals surface area contributed by atoms with Gasteiger partial charge in [-0.1, -0.05) is 11.8 Å². The molecule has 1 aromatic heterocycles. The SMILES string of the molecule is CC(C)(C)OC(=O)NCCC#Cc1ccc2c(N)n[nH]c2c1. The van der Waals surface area contributed by atoms with Crippen molar-refractivity contribution in [2.24, 2.45) is 0 Å². The maximum absolute atomic E-state index is 11.4. The minimum absolute atomic E-state index is 0.427. The number of nitrogen functional groups attached to an aromatic ring is 1. The summed E-state index contributed by atoms with van der Waals surface area (Å²) in [6.45, 7) is 5.92. The van der Waals surface area contributed by atoms with Gasteiger partial charge in [-0.25, -0.2) is 4.79 Å². The Hall–Kier alpha value is -2.68. The molecule has 0 spiro atoms. The van der Waals surface area contributed by atoms with E-state index in [1.807, 2.05) is 39.0 Å². The fourth-order valence-electron chi connectivity index (χ4n) is 1.82. The number of amides is 1. The van der Waals surface area contributed by atoms with E-state index in [-0.39, 0.29) is 0 Å². The molecule has 1 heterocycles. The molecular formula is C16H20N4O2. The number of carbonyl (C=O) groups is 1. The second-order valence-corrected chi connectivity index (χ2v) is 5.85. The van der Waals surface area contributed by atoms with E-state index >= 15 is 0 Å². The Labute approximate surface area is 129 Å². The molecular weight excluding hydrogens is 280 g/mol. The molecule has 116 valence electrons. The van der Waals surface area contributed by atoms with Crippen molar-refractivity contribution < 1.29 is 9.53 Å². The molecule has 1 amide bonds. The molecule has 6 nitrogen and oxygen atoms in total. The monoisotopic (exact) mass is 300 g/mol. The van der Waals surface area contributed by atoms with Crippen molar-refractivity contribution in [3.05, 3.63) is 23.8 Å². The van der Waals surface area contributed by atoms with Gasteiger partial charge in [0.25, 0.3) is 0 Å². The Balaban J connectivity index is 1.84. The van der Waals surface area contributed by atoms with Crippen LogP contribution in [0.15, 0.2) is 18.2 Å². The number of nitrogens with two attached hydrogens (primary N) is 1. The van der Waals surface area contributed by atoms with Gasteiger partial charge >= 0.3 is 6.09 Å². The average Bonchev–Trinajstić information content (AvgIpc) is 2.77. The van der Waals surface area contributed by atoms with Gasteiger partial charge < -0.3 is 15.8 Å². The molecule has 0 aliphatic heterocycles. The number of ether oxygens (including phenoxy) is 1. The fraction of sp³-hybridized carbons (Fsp3) is 0.375. The lowest BCUT2D eigenvalue weighted by atomic mass is 10.1. The Kier molecular flexibility index (Phi) is 4.56. The molecule has 1 aromatic carbocycles. The van der Waals surface area contributed by atoms with Gasteiger partial charge in [0.1, 0.15) is 5.60 Å². The fourth-order valence-corrected chi connectivity index (χ4v) is 1.82. The molecule has 4 N–H and O–H groups in total. The number of H-pyrrole nitrogens is 1. The second-order valence-electron chi connectivity index (χ2n) is 5.85. The number of benzene rings is 1. The molecule has 2 rings (SSSR count). The zero-order valence-corrected chi connectivity index (χ0v) is 13.0. The number of anilines is 1. The molecule has 0 fully saturated rings. The molecule has 6 heteroatoms. The van der Waals surface area contributed by atoms with Gasteiger partial charge in [0.2, 0.25) is 0 Å². The Morgan fingerprint density at radius 1 is 1.45 bits per heavy atom. The summed E-state index contributed by atoms with van der Waals surface area (Å²) in [6.07, 6.45) is 0.117. The lowest BCUT2D eigenvalue weighted by molar-refractivity contribution is 0.0529. The third-order valence-electron chi connectivity index (χ3n) is 2.74. The first-order valence-electron chi connectivity index (χ1n) is 7.04. The van der Waals surface area contributed by atoms with Gasteiger partial charge in [-0.05, 0) is 39.0 Å². The zero-order valence-electron chi connectivity index (χ0n) is 13.0. The number of alkyl carbamates (subject to hydrolysis) is 1. The first kappa shape index (κ1) is 15.7. The molecule has 0 aliphatic rings. The number of carbonyl (C=O) groups excluding carboxylic acids is 1. The highest BCUT2D eigenvalue weighted by Crippen LogP contribution is 2.18. The molecule has 0 atom stereocenters. The normalized spacial score (nSPS) is 10.9. The summed E-state index contributed by atoms with van der Waals surface area (Å²) in [7, 11) is 0. The molecule has 22 heavy (non-hydrogen) atoms. The highest BCUT2D eigenvalue weighted by atomic mass is 16.6. The molecule has 0 unspecified atom stereocenters. The van der Waals surface area contributed by atoms with E-state index in [2.05, 4.69) is 27.4 Å². The van der Waals surface area contributed by atoms with Crippen LogP contribution in [0.5, 0.6) is 0 Å².